The Hall–Kier alpha value is -0.160. The van der Waals surface area contributed by atoms with Crippen molar-refractivity contribution < 1.29 is 4.74 Å². The highest BCUT2D eigenvalue weighted by Gasteiger charge is 2.29. The lowest BCUT2D eigenvalue weighted by molar-refractivity contribution is -0.0110. The number of piperidine rings is 1. The highest BCUT2D eigenvalue weighted by molar-refractivity contribution is 4.88. The van der Waals surface area contributed by atoms with Crippen LogP contribution in [0.15, 0.2) is 0 Å². The van der Waals surface area contributed by atoms with Gasteiger partial charge < -0.3 is 15.0 Å². The summed E-state index contributed by atoms with van der Waals surface area (Å²) in [5, 5.41) is 3.81. The first kappa shape index (κ1) is 16.2. The minimum Gasteiger partial charge on any atom is -0.379 e. The van der Waals surface area contributed by atoms with Crippen LogP contribution >= 0.6 is 0 Å². The monoisotopic (exact) mass is 283 g/mol. The van der Waals surface area contributed by atoms with Crippen molar-refractivity contribution in [3.63, 3.8) is 0 Å². The van der Waals surface area contributed by atoms with E-state index in [2.05, 4.69) is 42.8 Å². The van der Waals surface area contributed by atoms with Gasteiger partial charge >= 0.3 is 0 Å². The van der Waals surface area contributed by atoms with Gasteiger partial charge in [0.2, 0.25) is 0 Å². The number of hydrogen-bond donors (Lipinski definition) is 1. The molecule has 2 aliphatic heterocycles. The maximum absolute atomic E-state index is 5.46. The third-order valence-electron chi connectivity index (χ3n) is 4.95. The molecule has 0 amide bonds. The van der Waals surface area contributed by atoms with Crippen LogP contribution in [0, 0.1) is 0 Å². The number of ether oxygens (including phenoxy) is 1. The third kappa shape index (κ3) is 4.42. The molecule has 0 spiro atoms. The lowest BCUT2D eigenvalue weighted by Gasteiger charge is -2.42. The van der Waals surface area contributed by atoms with E-state index >= 15 is 0 Å². The molecule has 0 aromatic rings. The Balaban J connectivity index is 1.72. The molecule has 118 valence electrons. The predicted octanol–water partition coefficient (Wildman–Crippen LogP) is 1.56. The lowest BCUT2D eigenvalue weighted by Crippen LogP contribution is -2.56. The fourth-order valence-corrected chi connectivity index (χ4v) is 3.29. The molecule has 0 unspecified atom stereocenters. The number of rotatable bonds is 5. The number of nitrogens with zero attached hydrogens (tertiary/aromatic N) is 2. The summed E-state index contributed by atoms with van der Waals surface area (Å²) in [5.41, 5.74) is 0.235. The van der Waals surface area contributed by atoms with Crippen LogP contribution in [0.1, 0.15) is 40.5 Å². The highest BCUT2D eigenvalue weighted by atomic mass is 16.5. The van der Waals surface area contributed by atoms with E-state index in [0.29, 0.717) is 12.1 Å². The molecule has 0 aliphatic carbocycles. The quantitative estimate of drug-likeness (QED) is 0.829. The molecular formula is C16H33N3O. The summed E-state index contributed by atoms with van der Waals surface area (Å²) in [6.07, 6.45) is 2.58. The van der Waals surface area contributed by atoms with Gasteiger partial charge in [0.05, 0.1) is 13.2 Å². The van der Waals surface area contributed by atoms with Gasteiger partial charge in [0.15, 0.2) is 0 Å². The molecule has 0 atom stereocenters. The molecule has 0 saturated carbocycles. The Morgan fingerprint density at radius 1 is 1.10 bits per heavy atom. The predicted molar refractivity (Wildman–Crippen MR) is 84.2 cm³/mol. The Morgan fingerprint density at radius 2 is 1.70 bits per heavy atom. The molecule has 4 nitrogen and oxygen atoms in total. The molecule has 2 rings (SSSR count). The van der Waals surface area contributed by atoms with Gasteiger partial charge in [0.1, 0.15) is 0 Å². The second-order valence-electron chi connectivity index (χ2n) is 7.20. The molecule has 4 heteroatoms. The number of nitrogens with one attached hydrogen (secondary N) is 1. The van der Waals surface area contributed by atoms with Gasteiger partial charge in [-0.3, -0.25) is 4.90 Å². The average Bonchev–Trinajstić information content (AvgIpc) is 2.46. The standard InChI is InChI=1S/C16H33N3O/c1-14(2)18-7-5-15(6-8-18)17-13-16(3,4)19-9-11-20-12-10-19/h14-15,17H,5-13H2,1-4H3. The zero-order valence-electron chi connectivity index (χ0n) is 13.8. The van der Waals surface area contributed by atoms with Crippen LogP contribution in [0.2, 0.25) is 0 Å². The first-order chi connectivity index (χ1) is 9.49. The first-order valence-electron chi connectivity index (χ1n) is 8.29. The third-order valence-corrected chi connectivity index (χ3v) is 4.95. The Bertz CT molecular complexity index is 279. The summed E-state index contributed by atoms with van der Waals surface area (Å²) < 4.78 is 5.46. The molecule has 0 aromatic heterocycles. The van der Waals surface area contributed by atoms with Crippen molar-refractivity contribution in [2.45, 2.75) is 58.2 Å². The maximum Gasteiger partial charge on any atom is 0.0594 e. The van der Waals surface area contributed by atoms with Gasteiger partial charge in [-0.05, 0) is 53.6 Å². The molecule has 20 heavy (non-hydrogen) atoms. The molecule has 0 bridgehead atoms. The van der Waals surface area contributed by atoms with Crippen molar-refractivity contribution in [1.29, 1.82) is 0 Å². The SMILES string of the molecule is CC(C)N1CCC(NCC(C)(C)N2CCOCC2)CC1. The molecule has 0 radical (unpaired) electrons. The van der Waals surface area contributed by atoms with Crippen molar-refractivity contribution in [2.24, 2.45) is 0 Å². The van der Waals surface area contributed by atoms with Gasteiger partial charge in [0.25, 0.3) is 0 Å². The minimum absolute atomic E-state index is 0.235. The van der Waals surface area contributed by atoms with Crippen LogP contribution < -0.4 is 5.32 Å². The fourth-order valence-electron chi connectivity index (χ4n) is 3.29. The summed E-state index contributed by atoms with van der Waals surface area (Å²) in [6.45, 7) is 16.8. The van der Waals surface area contributed by atoms with E-state index in [-0.39, 0.29) is 5.54 Å². The van der Waals surface area contributed by atoms with Gasteiger partial charge in [0, 0.05) is 37.3 Å². The van der Waals surface area contributed by atoms with Crippen LogP contribution in [0.25, 0.3) is 0 Å². The number of likely N-dealkylation sites (tertiary alicyclic amines) is 1. The van der Waals surface area contributed by atoms with Gasteiger partial charge in [-0.1, -0.05) is 0 Å². The lowest BCUT2D eigenvalue weighted by atomic mass is 9.99. The first-order valence-corrected chi connectivity index (χ1v) is 8.29. The highest BCUT2D eigenvalue weighted by Crippen LogP contribution is 2.17. The second-order valence-corrected chi connectivity index (χ2v) is 7.20. The van der Waals surface area contributed by atoms with E-state index in [4.69, 9.17) is 4.74 Å². The van der Waals surface area contributed by atoms with Crippen LogP contribution in [0.4, 0.5) is 0 Å². The molecule has 2 saturated heterocycles. The van der Waals surface area contributed by atoms with Crippen LogP contribution in [0.3, 0.4) is 0 Å². The zero-order valence-corrected chi connectivity index (χ0v) is 13.8. The molecule has 0 aromatic carbocycles. The zero-order chi connectivity index (χ0) is 14.6. The van der Waals surface area contributed by atoms with Crippen molar-refractivity contribution in [2.75, 3.05) is 45.9 Å². The summed E-state index contributed by atoms with van der Waals surface area (Å²) in [4.78, 5) is 5.15. The van der Waals surface area contributed by atoms with E-state index in [1.807, 2.05) is 0 Å². The molecule has 2 heterocycles. The van der Waals surface area contributed by atoms with Crippen LogP contribution in [-0.4, -0.2) is 73.4 Å². The Morgan fingerprint density at radius 3 is 2.25 bits per heavy atom. The van der Waals surface area contributed by atoms with Gasteiger partial charge in [-0.2, -0.15) is 0 Å². The molecule has 2 aliphatic rings. The largest absolute Gasteiger partial charge is 0.379 e. The fraction of sp³-hybridized carbons (Fsp3) is 1.00. The van der Waals surface area contributed by atoms with E-state index in [0.717, 1.165) is 32.8 Å². The summed E-state index contributed by atoms with van der Waals surface area (Å²) in [6, 6.07) is 1.39. The molecule has 1 N–H and O–H groups in total. The van der Waals surface area contributed by atoms with E-state index in [1.165, 1.54) is 25.9 Å². The smallest absolute Gasteiger partial charge is 0.0594 e. The maximum atomic E-state index is 5.46. The van der Waals surface area contributed by atoms with Crippen molar-refractivity contribution in [3.8, 4) is 0 Å². The van der Waals surface area contributed by atoms with E-state index in [1.54, 1.807) is 0 Å². The molecular weight excluding hydrogens is 250 g/mol. The van der Waals surface area contributed by atoms with Crippen molar-refractivity contribution in [3.05, 3.63) is 0 Å². The van der Waals surface area contributed by atoms with E-state index in [9.17, 15) is 0 Å². The van der Waals surface area contributed by atoms with Crippen molar-refractivity contribution >= 4 is 0 Å². The number of morpholine rings is 1. The molecule has 2 fully saturated rings. The minimum atomic E-state index is 0.235. The van der Waals surface area contributed by atoms with Crippen LogP contribution in [0.5, 0.6) is 0 Å². The summed E-state index contributed by atoms with van der Waals surface area (Å²) in [7, 11) is 0. The average molecular weight is 283 g/mol. The Labute approximate surface area is 124 Å². The van der Waals surface area contributed by atoms with Crippen molar-refractivity contribution in [1.82, 2.24) is 15.1 Å². The van der Waals surface area contributed by atoms with Crippen LogP contribution in [-0.2, 0) is 4.74 Å². The second kappa shape index (κ2) is 7.21. The normalized spacial score (nSPS) is 24.4. The topological polar surface area (TPSA) is 27.7 Å². The van der Waals surface area contributed by atoms with Gasteiger partial charge in [-0.15, -0.1) is 0 Å². The van der Waals surface area contributed by atoms with Gasteiger partial charge in [-0.25, -0.2) is 0 Å². The summed E-state index contributed by atoms with van der Waals surface area (Å²) >= 11 is 0. The summed E-state index contributed by atoms with van der Waals surface area (Å²) in [5.74, 6) is 0. The number of hydrogen-bond acceptors (Lipinski definition) is 4. The Kier molecular flexibility index (Phi) is 5.84. The van der Waals surface area contributed by atoms with E-state index < -0.39 is 0 Å².